The molecule has 2 aliphatic heterocycles. The van der Waals surface area contributed by atoms with Crippen molar-refractivity contribution in [3.8, 4) is 0 Å². The van der Waals surface area contributed by atoms with E-state index in [1.165, 1.54) is 5.57 Å². The summed E-state index contributed by atoms with van der Waals surface area (Å²) in [5, 5.41) is 3.36. The van der Waals surface area contributed by atoms with E-state index < -0.39 is 0 Å². The van der Waals surface area contributed by atoms with Crippen molar-refractivity contribution >= 4 is 5.91 Å². The normalized spacial score (nSPS) is 32.6. The van der Waals surface area contributed by atoms with Gasteiger partial charge in [-0.3, -0.25) is 4.79 Å². The van der Waals surface area contributed by atoms with Crippen LogP contribution in [0.5, 0.6) is 0 Å². The third-order valence-corrected chi connectivity index (χ3v) is 3.22. The molecule has 2 saturated heterocycles. The van der Waals surface area contributed by atoms with Crippen LogP contribution < -0.4 is 5.32 Å². The Morgan fingerprint density at radius 2 is 2.29 bits per heavy atom. The van der Waals surface area contributed by atoms with E-state index in [0.717, 1.165) is 32.5 Å². The van der Waals surface area contributed by atoms with Gasteiger partial charge in [0.25, 0.3) is 0 Å². The monoisotopic (exact) mass is 194 g/mol. The summed E-state index contributed by atoms with van der Waals surface area (Å²) < 4.78 is 0. The number of nitrogens with zero attached hydrogens (tertiary/aromatic N) is 1. The Labute approximate surface area is 85.2 Å². The molecule has 0 saturated carbocycles. The molecule has 14 heavy (non-hydrogen) atoms. The molecule has 0 aromatic carbocycles. The summed E-state index contributed by atoms with van der Waals surface area (Å²) in [5.41, 5.74) is 1.18. The van der Waals surface area contributed by atoms with Crippen LogP contribution in [0.1, 0.15) is 19.8 Å². The molecule has 0 aromatic rings. The number of hydrogen-bond acceptors (Lipinski definition) is 2. The van der Waals surface area contributed by atoms with Crippen LogP contribution in [0.3, 0.4) is 0 Å². The summed E-state index contributed by atoms with van der Waals surface area (Å²) in [4.78, 5) is 13.9. The van der Waals surface area contributed by atoms with Gasteiger partial charge in [-0.1, -0.05) is 6.58 Å². The number of piperidine rings is 1. The number of carbonyl (C=O) groups is 1. The second-order valence-electron chi connectivity index (χ2n) is 4.44. The van der Waals surface area contributed by atoms with Crippen LogP contribution in [0.25, 0.3) is 0 Å². The van der Waals surface area contributed by atoms with E-state index in [1.807, 2.05) is 4.90 Å². The highest BCUT2D eigenvalue weighted by atomic mass is 16.2. The minimum absolute atomic E-state index is 0.192. The average Bonchev–Trinajstić information content (AvgIpc) is 2.13. The van der Waals surface area contributed by atoms with Gasteiger partial charge in [0.15, 0.2) is 0 Å². The van der Waals surface area contributed by atoms with Gasteiger partial charge in [0.1, 0.15) is 0 Å². The number of likely N-dealkylation sites (tertiary alicyclic amines) is 1. The molecule has 3 heteroatoms. The molecule has 0 aliphatic carbocycles. The van der Waals surface area contributed by atoms with Crippen LogP contribution in [0.4, 0.5) is 0 Å². The van der Waals surface area contributed by atoms with Crippen LogP contribution in [0, 0.1) is 5.92 Å². The smallest absolute Gasteiger partial charge is 0.227 e. The van der Waals surface area contributed by atoms with Crippen molar-refractivity contribution in [1.82, 2.24) is 10.2 Å². The summed E-state index contributed by atoms with van der Waals surface area (Å²) in [7, 11) is 0. The molecule has 78 valence electrons. The number of rotatable bonds is 1. The third kappa shape index (κ3) is 1.69. The number of hydrogen-bond donors (Lipinski definition) is 1. The molecular weight excluding hydrogens is 176 g/mol. The van der Waals surface area contributed by atoms with E-state index in [4.69, 9.17) is 0 Å². The first-order valence-electron chi connectivity index (χ1n) is 5.37. The highest BCUT2D eigenvalue weighted by Crippen LogP contribution is 2.23. The van der Waals surface area contributed by atoms with E-state index in [2.05, 4.69) is 18.8 Å². The standard InChI is InChI=1S/C11H18N2O/c1-8-6-13(7-8)11(14)10-4-3-5-12-9(10)2/h9-10,12H,1,3-7H2,2H3. The summed E-state index contributed by atoms with van der Waals surface area (Å²) in [5.74, 6) is 0.508. The minimum atomic E-state index is 0.192. The zero-order valence-corrected chi connectivity index (χ0v) is 8.75. The Hall–Kier alpha value is -0.830. The molecule has 2 aliphatic rings. The zero-order chi connectivity index (χ0) is 10.1. The largest absolute Gasteiger partial charge is 0.334 e. The molecule has 0 bridgehead atoms. The van der Waals surface area contributed by atoms with Crippen molar-refractivity contribution in [2.24, 2.45) is 5.92 Å². The van der Waals surface area contributed by atoms with Gasteiger partial charge in [0.2, 0.25) is 5.91 Å². The third-order valence-electron chi connectivity index (χ3n) is 3.22. The van der Waals surface area contributed by atoms with E-state index in [-0.39, 0.29) is 5.92 Å². The number of amides is 1. The zero-order valence-electron chi connectivity index (χ0n) is 8.75. The maximum Gasteiger partial charge on any atom is 0.227 e. The van der Waals surface area contributed by atoms with Gasteiger partial charge in [-0.25, -0.2) is 0 Å². The Morgan fingerprint density at radius 1 is 1.57 bits per heavy atom. The lowest BCUT2D eigenvalue weighted by molar-refractivity contribution is -0.138. The highest BCUT2D eigenvalue weighted by molar-refractivity contribution is 5.81. The van der Waals surface area contributed by atoms with Gasteiger partial charge in [0.05, 0.1) is 5.92 Å². The SMILES string of the molecule is C=C1CN(C(=O)C2CCCNC2C)C1. The first-order chi connectivity index (χ1) is 6.68. The molecule has 1 amide bonds. The lowest BCUT2D eigenvalue weighted by atomic mass is 9.89. The van der Waals surface area contributed by atoms with Crippen LogP contribution in [0.2, 0.25) is 0 Å². The van der Waals surface area contributed by atoms with Crippen LogP contribution in [-0.4, -0.2) is 36.5 Å². The van der Waals surface area contributed by atoms with Crippen molar-refractivity contribution in [1.29, 1.82) is 0 Å². The molecule has 2 atom stereocenters. The Kier molecular flexibility index (Phi) is 2.59. The summed E-state index contributed by atoms with van der Waals surface area (Å²) in [6.45, 7) is 8.57. The van der Waals surface area contributed by atoms with Crippen molar-refractivity contribution < 1.29 is 4.79 Å². The molecule has 2 heterocycles. The molecule has 0 spiro atoms. The van der Waals surface area contributed by atoms with Crippen molar-refractivity contribution in [2.75, 3.05) is 19.6 Å². The van der Waals surface area contributed by atoms with Crippen LogP contribution in [-0.2, 0) is 4.79 Å². The minimum Gasteiger partial charge on any atom is -0.334 e. The molecule has 2 unspecified atom stereocenters. The molecule has 2 rings (SSSR count). The Balaban J connectivity index is 1.93. The fraction of sp³-hybridized carbons (Fsp3) is 0.727. The average molecular weight is 194 g/mol. The van der Waals surface area contributed by atoms with E-state index in [9.17, 15) is 4.79 Å². The van der Waals surface area contributed by atoms with Crippen molar-refractivity contribution in [3.05, 3.63) is 12.2 Å². The summed E-state index contributed by atoms with van der Waals surface area (Å²) in [6.07, 6.45) is 2.16. The first kappa shape index (κ1) is 9.71. The summed E-state index contributed by atoms with van der Waals surface area (Å²) in [6, 6.07) is 0.338. The van der Waals surface area contributed by atoms with Gasteiger partial charge < -0.3 is 10.2 Å². The molecule has 2 fully saturated rings. The van der Waals surface area contributed by atoms with Gasteiger partial charge in [0, 0.05) is 19.1 Å². The molecule has 0 aromatic heterocycles. The lowest BCUT2D eigenvalue weighted by Gasteiger charge is -2.39. The second kappa shape index (κ2) is 3.73. The lowest BCUT2D eigenvalue weighted by Crippen LogP contribution is -2.52. The maximum atomic E-state index is 12.0. The van der Waals surface area contributed by atoms with Crippen LogP contribution >= 0.6 is 0 Å². The van der Waals surface area contributed by atoms with E-state index >= 15 is 0 Å². The molecular formula is C11H18N2O. The van der Waals surface area contributed by atoms with Gasteiger partial charge in [-0.15, -0.1) is 0 Å². The van der Waals surface area contributed by atoms with E-state index in [0.29, 0.717) is 11.9 Å². The van der Waals surface area contributed by atoms with Crippen LogP contribution in [0.15, 0.2) is 12.2 Å². The van der Waals surface area contributed by atoms with Gasteiger partial charge >= 0.3 is 0 Å². The van der Waals surface area contributed by atoms with E-state index in [1.54, 1.807) is 0 Å². The first-order valence-corrected chi connectivity index (χ1v) is 5.37. The maximum absolute atomic E-state index is 12.0. The van der Waals surface area contributed by atoms with Crippen molar-refractivity contribution in [3.63, 3.8) is 0 Å². The number of carbonyl (C=O) groups excluding carboxylic acids is 1. The topological polar surface area (TPSA) is 32.3 Å². The predicted octanol–water partition coefficient (Wildman–Crippen LogP) is 0.773. The fourth-order valence-corrected chi connectivity index (χ4v) is 2.27. The van der Waals surface area contributed by atoms with Crippen molar-refractivity contribution in [2.45, 2.75) is 25.8 Å². The fourth-order valence-electron chi connectivity index (χ4n) is 2.27. The highest BCUT2D eigenvalue weighted by Gasteiger charge is 2.34. The summed E-state index contributed by atoms with van der Waals surface area (Å²) >= 11 is 0. The van der Waals surface area contributed by atoms with Gasteiger partial charge in [-0.2, -0.15) is 0 Å². The Morgan fingerprint density at radius 3 is 2.86 bits per heavy atom. The van der Waals surface area contributed by atoms with Gasteiger partial charge in [-0.05, 0) is 31.9 Å². The molecule has 0 radical (unpaired) electrons. The molecule has 1 N–H and O–H groups in total. The molecule has 3 nitrogen and oxygen atoms in total. The predicted molar refractivity (Wildman–Crippen MR) is 55.9 cm³/mol. The second-order valence-corrected chi connectivity index (χ2v) is 4.44. The number of nitrogens with one attached hydrogen (secondary N) is 1. The quantitative estimate of drug-likeness (QED) is 0.625. The Bertz CT molecular complexity index is 254.